The van der Waals surface area contributed by atoms with Crippen LogP contribution in [-0.2, 0) is 4.74 Å². The number of aryl methyl sites for hydroxylation is 1. The summed E-state index contributed by atoms with van der Waals surface area (Å²) in [4.78, 5) is 19.5. The smallest absolute Gasteiger partial charge is 0.254 e. The van der Waals surface area contributed by atoms with Crippen molar-refractivity contribution >= 4 is 23.5 Å². The quantitative estimate of drug-likeness (QED) is 0.602. The van der Waals surface area contributed by atoms with E-state index >= 15 is 0 Å². The monoisotopic (exact) mass is 348 g/mol. The van der Waals surface area contributed by atoms with Crippen LogP contribution < -0.4 is 10.2 Å². The van der Waals surface area contributed by atoms with Crippen molar-refractivity contribution < 1.29 is 9.53 Å². The van der Waals surface area contributed by atoms with Gasteiger partial charge in [0, 0.05) is 26.1 Å². The maximum Gasteiger partial charge on any atom is 0.254 e. The van der Waals surface area contributed by atoms with Crippen LogP contribution >= 0.6 is 11.8 Å². The van der Waals surface area contributed by atoms with Crippen LogP contribution in [0.4, 0.5) is 5.82 Å². The lowest BCUT2D eigenvalue weighted by atomic mass is 10.1. The Morgan fingerprint density at radius 3 is 2.92 bits per heavy atom. The fraction of sp³-hybridized carbons (Fsp3) is 0.588. The number of anilines is 1. The van der Waals surface area contributed by atoms with Gasteiger partial charge in [0.15, 0.2) is 0 Å². The number of hydrogen-bond donors (Lipinski definition) is 1. The van der Waals surface area contributed by atoms with Crippen LogP contribution in [0, 0.1) is 18.3 Å². The number of pyridine rings is 1. The van der Waals surface area contributed by atoms with Crippen LogP contribution in [0.1, 0.15) is 35.7 Å². The molecule has 0 unspecified atom stereocenters. The third kappa shape index (κ3) is 4.86. The third-order valence-electron chi connectivity index (χ3n) is 3.76. The average Bonchev–Trinajstić information content (AvgIpc) is 2.59. The minimum Gasteiger partial charge on any atom is -0.378 e. The summed E-state index contributed by atoms with van der Waals surface area (Å²) in [5.41, 5.74) is 1.58. The molecule has 0 aliphatic carbocycles. The van der Waals surface area contributed by atoms with Gasteiger partial charge >= 0.3 is 0 Å². The van der Waals surface area contributed by atoms with Crippen molar-refractivity contribution in [3.05, 3.63) is 17.2 Å². The molecule has 130 valence electrons. The number of nitrogens with zero attached hydrogens (tertiary/aromatic N) is 3. The Morgan fingerprint density at radius 2 is 2.25 bits per heavy atom. The van der Waals surface area contributed by atoms with Crippen molar-refractivity contribution in [2.75, 3.05) is 43.5 Å². The maximum atomic E-state index is 12.5. The van der Waals surface area contributed by atoms with Gasteiger partial charge in [-0.25, -0.2) is 4.98 Å². The maximum absolute atomic E-state index is 12.5. The number of carbonyl (C=O) groups excluding carboxylic acids is 1. The molecule has 1 aliphatic heterocycles. The molecule has 1 saturated heterocycles. The van der Waals surface area contributed by atoms with Crippen molar-refractivity contribution in [2.24, 2.45) is 0 Å². The van der Waals surface area contributed by atoms with E-state index in [0.29, 0.717) is 38.2 Å². The molecule has 7 heteroatoms. The zero-order chi connectivity index (χ0) is 17.4. The zero-order valence-corrected chi connectivity index (χ0v) is 15.1. The van der Waals surface area contributed by atoms with E-state index in [2.05, 4.69) is 23.2 Å². The largest absolute Gasteiger partial charge is 0.378 e. The molecule has 1 aromatic heterocycles. The van der Waals surface area contributed by atoms with E-state index in [1.807, 2.05) is 13.0 Å². The molecule has 0 atom stereocenters. The number of amides is 1. The van der Waals surface area contributed by atoms with Gasteiger partial charge in [-0.1, -0.05) is 6.92 Å². The van der Waals surface area contributed by atoms with Gasteiger partial charge in [-0.15, -0.1) is 11.8 Å². The van der Waals surface area contributed by atoms with Crippen molar-refractivity contribution in [3.63, 3.8) is 0 Å². The molecule has 0 saturated carbocycles. The van der Waals surface area contributed by atoms with Crippen molar-refractivity contribution in [1.29, 1.82) is 5.26 Å². The Labute approximate surface area is 147 Å². The number of rotatable bonds is 7. The first-order valence-corrected chi connectivity index (χ1v) is 9.28. The first-order valence-electron chi connectivity index (χ1n) is 8.29. The summed E-state index contributed by atoms with van der Waals surface area (Å²) in [5.74, 6) is 1.66. The number of thioether (sulfide) groups is 1. The fourth-order valence-corrected chi connectivity index (χ4v) is 3.39. The van der Waals surface area contributed by atoms with Crippen LogP contribution in [0.3, 0.4) is 0 Å². The van der Waals surface area contributed by atoms with Crippen molar-refractivity contribution in [1.82, 2.24) is 10.3 Å². The van der Waals surface area contributed by atoms with Crippen molar-refractivity contribution in [3.8, 4) is 6.07 Å². The summed E-state index contributed by atoms with van der Waals surface area (Å²) in [6.45, 7) is 7.57. The predicted molar refractivity (Wildman–Crippen MR) is 95.6 cm³/mol. The number of hydrogen-bond acceptors (Lipinski definition) is 6. The van der Waals surface area contributed by atoms with E-state index < -0.39 is 0 Å². The first kappa shape index (κ1) is 18.6. The second-order valence-corrected chi connectivity index (χ2v) is 6.78. The average molecular weight is 348 g/mol. The van der Waals surface area contributed by atoms with E-state index in [0.717, 1.165) is 35.2 Å². The van der Waals surface area contributed by atoms with Gasteiger partial charge in [0.2, 0.25) is 0 Å². The summed E-state index contributed by atoms with van der Waals surface area (Å²) >= 11 is 1.58. The molecule has 24 heavy (non-hydrogen) atoms. The lowest BCUT2D eigenvalue weighted by Crippen LogP contribution is -2.37. The lowest BCUT2D eigenvalue weighted by molar-refractivity contribution is 0.0949. The number of ether oxygens (including phenoxy) is 1. The Balaban J connectivity index is 2.20. The van der Waals surface area contributed by atoms with E-state index in [-0.39, 0.29) is 5.91 Å². The van der Waals surface area contributed by atoms with Crippen LogP contribution in [-0.4, -0.2) is 49.5 Å². The zero-order valence-electron chi connectivity index (χ0n) is 14.3. The molecule has 1 amide bonds. The van der Waals surface area contributed by atoms with Crippen LogP contribution in [0.25, 0.3) is 0 Å². The highest BCUT2D eigenvalue weighted by molar-refractivity contribution is 7.99. The highest BCUT2D eigenvalue weighted by Crippen LogP contribution is 2.27. The summed E-state index contributed by atoms with van der Waals surface area (Å²) in [7, 11) is 0. The molecule has 1 fully saturated rings. The Bertz CT molecular complexity index is 609. The van der Waals surface area contributed by atoms with Gasteiger partial charge in [0.25, 0.3) is 5.91 Å². The number of carbonyl (C=O) groups is 1. The molecule has 1 aliphatic rings. The first-order chi connectivity index (χ1) is 11.7. The molecule has 0 spiro atoms. The molecule has 1 N–H and O–H groups in total. The van der Waals surface area contributed by atoms with Crippen molar-refractivity contribution in [2.45, 2.75) is 31.7 Å². The van der Waals surface area contributed by atoms with Gasteiger partial charge in [0.05, 0.1) is 24.8 Å². The van der Waals surface area contributed by atoms with Gasteiger partial charge in [-0.2, -0.15) is 5.26 Å². The highest BCUT2D eigenvalue weighted by Gasteiger charge is 2.20. The normalized spacial score (nSPS) is 14.3. The summed E-state index contributed by atoms with van der Waals surface area (Å²) < 4.78 is 5.39. The summed E-state index contributed by atoms with van der Waals surface area (Å²) in [6, 6.07) is 4.07. The van der Waals surface area contributed by atoms with Crippen LogP contribution in [0.5, 0.6) is 0 Å². The SMILES string of the molecule is CCSc1nc(N2CCOCC2)cc(C)c1C(=O)NCCCC#N. The number of aromatic nitrogens is 1. The Morgan fingerprint density at radius 1 is 1.50 bits per heavy atom. The standard InChI is InChI=1S/C17H24N4O2S/c1-3-24-17-15(16(22)19-7-5-4-6-18)13(2)12-14(20-17)21-8-10-23-11-9-21/h12H,3-5,7-11H2,1-2H3,(H,19,22). The van der Waals surface area contributed by atoms with Gasteiger partial charge < -0.3 is 15.0 Å². The molecular weight excluding hydrogens is 324 g/mol. The lowest BCUT2D eigenvalue weighted by Gasteiger charge is -2.28. The molecule has 0 bridgehead atoms. The topological polar surface area (TPSA) is 78.2 Å². The number of morpholine rings is 1. The van der Waals surface area contributed by atoms with Gasteiger partial charge in [0.1, 0.15) is 10.8 Å². The molecule has 0 aromatic carbocycles. The van der Waals surface area contributed by atoms with E-state index in [4.69, 9.17) is 15.0 Å². The molecule has 2 heterocycles. The minimum atomic E-state index is -0.109. The number of nitriles is 1. The van der Waals surface area contributed by atoms with Gasteiger partial charge in [-0.05, 0) is 30.7 Å². The third-order valence-corrected chi connectivity index (χ3v) is 4.62. The minimum absolute atomic E-state index is 0.109. The van der Waals surface area contributed by atoms with Crippen LogP contribution in [0.2, 0.25) is 0 Å². The van der Waals surface area contributed by atoms with Gasteiger partial charge in [-0.3, -0.25) is 4.79 Å². The Hall–Kier alpha value is -1.78. The molecule has 2 rings (SSSR count). The summed E-state index contributed by atoms with van der Waals surface area (Å²) in [5, 5.41) is 12.2. The number of unbranched alkanes of at least 4 members (excludes halogenated alkanes) is 1. The molecule has 6 nitrogen and oxygen atoms in total. The fourth-order valence-electron chi connectivity index (χ4n) is 2.56. The molecule has 1 aromatic rings. The summed E-state index contributed by atoms with van der Waals surface area (Å²) in [6.07, 6.45) is 1.11. The Kier molecular flexibility index (Phi) is 7.35. The van der Waals surface area contributed by atoms with E-state index in [9.17, 15) is 4.79 Å². The van der Waals surface area contributed by atoms with E-state index in [1.54, 1.807) is 11.8 Å². The second kappa shape index (κ2) is 9.50. The second-order valence-electron chi connectivity index (χ2n) is 5.53. The molecular formula is C17H24N4O2S. The molecule has 0 radical (unpaired) electrons. The highest BCUT2D eigenvalue weighted by atomic mass is 32.2. The van der Waals surface area contributed by atoms with Crippen LogP contribution in [0.15, 0.2) is 11.1 Å². The van der Waals surface area contributed by atoms with E-state index in [1.165, 1.54) is 0 Å². The number of nitrogens with one attached hydrogen (secondary N) is 1. The predicted octanol–water partition coefficient (Wildman–Crippen LogP) is 2.37.